The highest BCUT2D eigenvalue weighted by atomic mass is 19.1. The van der Waals surface area contributed by atoms with Crippen molar-refractivity contribution in [3.63, 3.8) is 0 Å². The Morgan fingerprint density at radius 3 is 2.87 bits per heavy atom. The number of unbranched alkanes of at least 4 members (excludes halogenated alkanes) is 3. The highest BCUT2D eigenvalue weighted by Gasteiger charge is 2.44. The van der Waals surface area contributed by atoms with Crippen molar-refractivity contribution >= 4 is 6.03 Å². The summed E-state index contributed by atoms with van der Waals surface area (Å²) in [7, 11) is 0. The van der Waals surface area contributed by atoms with Crippen molar-refractivity contribution < 1.29 is 14.3 Å². The number of hydrogen-bond donors (Lipinski definition) is 3. The summed E-state index contributed by atoms with van der Waals surface area (Å²) >= 11 is 0. The predicted molar refractivity (Wildman–Crippen MR) is 88.9 cm³/mol. The van der Waals surface area contributed by atoms with Gasteiger partial charge in [-0.25, -0.2) is 9.18 Å². The first-order chi connectivity index (χ1) is 11.1. The van der Waals surface area contributed by atoms with E-state index in [2.05, 4.69) is 22.4 Å². The maximum absolute atomic E-state index is 12.8. The third-order valence-corrected chi connectivity index (χ3v) is 4.85. The lowest BCUT2D eigenvalue weighted by Crippen LogP contribution is -2.59. The van der Waals surface area contributed by atoms with Gasteiger partial charge >= 0.3 is 6.03 Å². The average molecular weight is 324 g/mol. The third-order valence-electron chi connectivity index (χ3n) is 4.85. The molecular weight excluding hydrogens is 295 g/mol. The second-order valence-corrected chi connectivity index (χ2v) is 6.93. The number of carbonyl (C=O) groups excluding carboxylic acids is 1. The first-order valence-electron chi connectivity index (χ1n) is 8.84. The van der Waals surface area contributed by atoms with Gasteiger partial charge in [0.1, 0.15) is 6.17 Å². The van der Waals surface area contributed by atoms with Gasteiger partial charge in [-0.1, -0.05) is 19.3 Å². The molecule has 3 N–H and O–H groups in total. The van der Waals surface area contributed by atoms with Crippen molar-refractivity contribution in [2.24, 2.45) is 5.92 Å². The highest BCUT2D eigenvalue weighted by Crippen LogP contribution is 2.43. The quantitative estimate of drug-likeness (QED) is 0.450. The molecule has 3 rings (SSSR count). The van der Waals surface area contributed by atoms with Crippen LogP contribution in [0.25, 0.3) is 0 Å². The minimum atomic E-state index is -1.09. The topological polar surface area (TPSA) is 61.4 Å². The smallest absolute Gasteiger partial charge is 0.315 e. The van der Waals surface area contributed by atoms with Crippen LogP contribution in [0.1, 0.15) is 57.8 Å². The van der Waals surface area contributed by atoms with Crippen LogP contribution in [0.5, 0.6) is 0 Å². The number of carbonyl (C=O) groups is 1. The second kappa shape index (κ2) is 9.09. The van der Waals surface area contributed by atoms with E-state index >= 15 is 0 Å². The molecule has 1 unspecified atom stereocenters. The van der Waals surface area contributed by atoms with E-state index in [1.165, 1.54) is 0 Å². The first kappa shape index (κ1) is 18.0. The number of fused-ring (bicyclic) bond motifs is 2. The molecule has 23 heavy (non-hydrogen) atoms. The van der Waals surface area contributed by atoms with Gasteiger partial charge in [-0.2, -0.15) is 0 Å². The molecule has 2 amide bonds. The summed E-state index contributed by atoms with van der Waals surface area (Å²) in [6, 6.07) is -0.0782. The molecule has 1 fully saturated rings. The molecule has 1 saturated carbocycles. The van der Waals surface area contributed by atoms with Gasteiger partial charge < -0.3 is 15.7 Å². The fourth-order valence-corrected chi connectivity index (χ4v) is 3.53. The fourth-order valence-electron chi connectivity index (χ4n) is 3.53. The van der Waals surface area contributed by atoms with Gasteiger partial charge in [-0.15, -0.1) is 5.73 Å². The zero-order chi connectivity index (χ0) is 16.5. The standard InChI is InChI=1S/C18H29FN2O2/c19-16(14-22)9-5-1-2-7-11-20-17(23)21-18-10-6-3-4-8-15(12-18)13-18/h4,6,15-16,22H,1-2,5,7-14H2,(H2,20,21,23). The Bertz CT molecular complexity index is 440. The van der Waals surface area contributed by atoms with Gasteiger partial charge in [0.2, 0.25) is 0 Å². The molecule has 2 bridgehead atoms. The number of nitrogens with one attached hydrogen (secondary N) is 2. The van der Waals surface area contributed by atoms with Crippen LogP contribution < -0.4 is 10.6 Å². The number of urea groups is 1. The highest BCUT2D eigenvalue weighted by molar-refractivity contribution is 5.75. The number of aliphatic hydroxyl groups excluding tert-OH is 1. The van der Waals surface area contributed by atoms with E-state index in [0.29, 0.717) is 18.9 Å². The van der Waals surface area contributed by atoms with Gasteiger partial charge in [0.05, 0.1) is 6.61 Å². The Kier molecular flexibility index (Phi) is 7.13. The molecule has 3 aliphatic carbocycles. The fraction of sp³-hybridized carbons (Fsp3) is 0.778. The zero-order valence-corrected chi connectivity index (χ0v) is 13.8. The molecule has 0 radical (unpaired) electrons. The van der Waals surface area contributed by atoms with E-state index in [1.807, 2.05) is 6.08 Å². The molecule has 0 spiro atoms. The summed E-state index contributed by atoms with van der Waals surface area (Å²) in [5.41, 5.74) is 3.11. The van der Waals surface area contributed by atoms with Crippen LogP contribution in [0.3, 0.4) is 0 Å². The number of halogens is 1. The van der Waals surface area contributed by atoms with Crippen LogP contribution in [-0.2, 0) is 0 Å². The number of aliphatic hydroxyl groups is 1. The first-order valence-corrected chi connectivity index (χ1v) is 8.84. The van der Waals surface area contributed by atoms with E-state index < -0.39 is 6.17 Å². The van der Waals surface area contributed by atoms with Crippen LogP contribution >= 0.6 is 0 Å². The van der Waals surface area contributed by atoms with Crippen molar-refractivity contribution in [1.29, 1.82) is 0 Å². The Morgan fingerprint density at radius 1 is 1.30 bits per heavy atom. The molecule has 0 aromatic carbocycles. The average Bonchev–Trinajstić information content (AvgIpc) is 2.47. The Balaban J connectivity index is 1.53. The van der Waals surface area contributed by atoms with Crippen LogP contribution in [0.2, 0.25) is 0 Å². The zero-order valence-electron chi connectivity index (χ0n) is 13.8. The molecule has 4 nitrogen and oxygen atoms in total. The van der Waals surface area contributed by atoms with Gasteiger partial charge in [0.15, 0.2) is 0 Å². The van der Waals surface area contributed by atoms with Crippen molar-refractivity contribution in [3.05, 3.63) is 17.9 Å². The number of rotatable bonds is 9. The van der Waals surface area contributed by atoms with Crippen LogP contribution in [0, 0.1) is 5.92 Å². The lowest BCUT2D eigenvalue weighted by atomic mass is 9.64. The third kappa shape index (κ3) is 6.00. The van der Waals surface area contributed by atoms with Crippen molar-refractivity contribution in [3.8, 4) is 0 Å². The molecule has 0 heterocycles. The molecule has 0 aliphatic heterocycles. The largest absolute Gasteiger partial charge is 0.393 e. The lowest BCUT2D eigenvalue weighted by molar-refractivity contribution is 0.113. The van der Waals surface area contributed by atoms with Gasteiger partial charge in [-0.05, 0) is 56.6 Å². The Morgan fingerprint density at radius 2 is 2.09 bits per heavy atom. The molecule has 3 aliphatic rings. The van der Waals surface area contributed by atoms with Gasteiger partial charge in [-0.3, -0.25) is 0 Å². The predicted octanol–water partition coefficient (Wildman–Crippen LogP) is 3.22. The summed E-state index contributed by atoms with van der Waals surface area (Å²) in [4.78, 5) is 12.0. The van der Waals surface area contributed by atoms with Crippen LogP contribution in [-0.4, -0.2) is 36.0 Å². The van der Waals surface area contributed by atoms with Gasteiger partial charge in [0, 0.05) is 12.1 Å². The summed E-state index contributed by atoms with van der Waals surface area (Å²) in [6.45, 7) is 0.273. The SMILES string of the molecule is O=C(NCCCCCCC(F)CO)NC12CC=C=CCC(C1)C2. The maximum atomic E-state index is 12.8. The summed E-state index contributed by atoms with van der Waals surface area (Å²) in [5, 5.41) is 14.7. The molecule has 0 aromatic rings. The van der Waals surface area contributed by atoms with Crippen molar-refractivity contribution in [1.82, 2.24) is 10.6 Å². The van der Waals surface area contributed by atoms with Crippen molar-refractivity contribution in [2.75, 3.05) is 13.2 Å². The molecule has 5 heteroatoms. The summed E-state index contributed by atoms with van der Waals surface area (Å²) in [6.07, 6.45) is 11.1. The molecule has 0 aromatic heterocycles. The van der Waals surface area contributed by atoms with E-state index in [1.54, 1.807) is 0 Å². The minimum absolute atomic E-state index is 0.0591. The molecular formula is C18H29FN2O2. The summed E-state index contributed by atoms with van der Waals surface area (Å²) < 4.78 is 12.8. The normalized spacial score (nSPS) is 26.8. The number of amides is 2. The van der Waals surface area contributed by atoms with Crippen LogP contribution in [0.15, 0.2) is 17.9 Å². The monoisotopic (exact) mass is 324 g/mol. The second-order valence-electron chi connectivity index (χ2n) is 6.93. The summed E-state index contributed by atoms with van der Waals surface area (Å²) in [5.74, 6) is 0.690. The molecule has 0 saturated heterocycles. The van der Waals surface area contributed by atoms with Gasteiger partial charge in [0.25, 0.3) is 0 Å². The molecule has 1 atom stereocenters. The number of hydrogen-bond acceptors (Lipinski definition) is 2. The lowest BCUT2D eigenvalue weighted by Gasteiger charge is -2.48. The Labute approximate surface area is 138 Å². The van der Waals surface area contributed by atoms with Crippen LogP contribution in [0.4, 0.5) is 9.18 Å². The van der Waals surface area contributed by atoms with E-state index in [-0.39, 0.29) is 18.2 Å². The number of alkyl halides is 1. The molecule has 130 valence electrons. The maximum Gasteiger partial charge on any atom is 0.315 e. The Hall–Kier alpha value is -1.32. The van der Waals surface area contributed by atoms with E-state index in [0.717, 1.165) is 51.4 Å². The minimum Gasteiger partial charge on any atom is -0.393 e. The van der Waals surface area contributed by atoms with E-state index in [4.69, 9.17) is 5.11 Å². The van der Waals surface area contributed by atoms with E-state index in [9.17, 15) is 9.18 Å². The van der Waals surface area contributed by atoms with Crippen molar-refractivity contribution in [2.45, 2.75) is 69.5 Å².